The van der Waals surface area contributed by atoms with Crippen molar-refractivity contribution < 1.29 is 14.4 Å². The Morgan fingerprint density at radius 1 is 1.50 bits per heavy atom. The molecule has 0 aliphatic heterocycles. The van der Waals surface area contributed by atoms with Gasteiger partial charge in [-0.25, -0.2) is 0 Å². The maximum Gasteiger partial charge on any atom is 0.150 e. The van der Waals surface area contributed by atoms with Crippen LogP contribution in [0.25, 0.3) is 0 Å². The quantitative estimate of drug-likeness (QED) is 0.657. The highest BCUT2D eigenvalue weighted by atomic mass is 16.2. The first kappa shape index (κ1) is 11.0. The van der Waals surface area contributed by atoms with Gasteiger partial charge in [-0.1, -0.05) is 0 Å². The molecule has 1 rings (SSSR count). The summed E-state index contributed by atoms with van der Waals surface area (Å²) >= 11 is 0. The molecule has 14 heavy (non-hydrogen) atoms. The third kappa shape index (κ3) is 2.73. The van der Waals surface area contributed by atoms with Gasteiger partial charge in [0.15, 0.2) is 5.78 Å². The minimum absolute atomic E-state index is 0.0575. The molecule has 2 N–H and O–H groups in total. The van der Waals surface area contributed by atoms with Gasteiger partial charge in [-0.3, -0.25) is 14.4 Å². The first-order valence-corrected chi connectivity index (χ1v) is 4.81. The molecule has 0 amide bonds. The monoisotopic (exact) mass is 197 g/mol. The number of carbonyl (C=O) groups excluding carboxylic acids is 3. The van der Waals surface area contributed by atoms with Gasteiger partial charge >= 0.3 is 0 Å². The zero-order valence-electron chi connectivity index (χ0n) is 8.29. The molecule has 2 atom stereocenters. The van der Waals surface area contributed by atoms with Crippen LogP contribution in [0.4, 0.5) is 0 Å². The van der Waals surface area contributed by atoms with Crippen molar-refractivity contribution in [2.75, 3.05) is 0 Å². The van der Waals surface area contributed by atoms with E-state index in [2.05, 4.69) is 0 Å². The first-order chi connectivity index (χ1) is 6.50. The second-order valence-electron chi connectivity index (χ2n) is 3.90. The molecule has 4 nitrogen and oxygen atoms in total. The van der Waals surface area contributed by atoms with Gasteiger partial charge in [0, 0.05) is 12.5 Å². The van der Waals surface area contributed by atoms with Crippen LogP contribution in [0.3, 0.4) is 0 Å². The molecule has 0 aromatic heterocycles. The second-order valence-corrected chi connectivity index (χ2v) is 3.90. The lowest BCUT2D eigenvalue weighted by Crippen LogP contribution is -2.38. The van der Waals surface area contributed by atoms with Crippen molar-refractivity contribution in [3.63, 3.8) is 0 Å². The molecule has 1 saturated carbocycles. The summed E-state index contributed by atoms with van der Waals surface area (Å²) in [5, 5.41) is 0. The molecule has 0 aromatic rings. The number of hydrogen-bond acceptors (Lipinski definition) is 4. The van der Waals surface area contributed by atoms with Crippen LogP contribution in [0, 0.1) is 5.92 Å². The molecule has 78 valence electrons. The standard InChI is InChI=1S/C10H15NO3/c1-6(12)4-10(14)8-5-7(11)2-3-9(8)13/h7-8H,2-5,11H2,1H3. The molecule has 1 fully saturated rings. The lowest BCUT2D eigenvalue weighted by molar-refractivity contribution is -0.136. The number of rotatable bonds is 3. The van der Waals surface area contributed by atoms with E-state index in [-0.39, 0.29) is 29.8 Å². The van der Waals surface area contributed by atoms with Crippen LogP contribution >= 0.6 is 0 Å². The number of Topliss-reactive ketones (excluding diaryl/α,β-unsaturated/α-hetero) is 3. The Hall–Kier alpha value is -1.03. The highest BCUT2D eigenvalue weighted by Gasteiger charge is 2.32. The molecule has 1 aliphatic rings. The van der Waals surface area contributed by atoms with Crippen LogP contribution in [0.15, 0.2) is 0 Å². The number of ketones is 3. The van der Waals surface area contributed by atoms with Crippen molar-refractivity contribution in [2.24, 2.45) is 11.7 Å². The summed E-state index contributed by atoms with van der Waals surface area (Å²) in [6, 6.07) is -0.0754. The van der Waals surface area contributed by atoms with Gasteiger partial charge in [-0.05, 0) is 19.8 Å². The third-order valence-corrected chi connectivity index (χ3v) is 2.50. The van der Waals surface area contributed by atoms with Crippen LogP contribution in [0.5, 0.6) is 0 Å². The van der Waals surface area contributed by atoms with Crippen molar-refractivity contribution in [3.8, 4) is 0 Å². The van der Waals surface area contributed by atoms with E-state index >= 15 is 0 Å². The number of hydrogen-bond donors (Lipinski definition) is 1. The average molecular weight is 197 g/mol. The van der Waals surface area contributed by atoms with E-state index in [4.69, 9.17) is 5.73 Å². The van der Waals surface area contributed by atoms with Crippen LogP contribution in [-0.2, 0) is 14.4 Å². The summed E-state index contributed by atoms with van der Waals surface area (Å²) in [5.74, 6) is -1.14. The summed E-state index contributed by atoms with van der Waals surface area (Å²) in [6.45, 7) is 1.35. The molecular weight excluding hydrogens is 182 g/mol. The Balaban J connectivity index is 2.60. The van der Waals surface area contributed by atoms with E-state index in [1.807, 2.05) is 0 Å². The van der Waals surface area contributed by atoms with E-state index < -0.39 is 5.92 Å². The Morgan fingerprint density at radius 2 is 2.14 bits per heavy atom. The Kier molecular flexibility index (Phi) is 3.52. The molecule has 0 radical (unpaired) electrons. The SMILES string of the molecule is CC(=O)CC(=O)C1CC(N)CCC1=O. The molecule has 0 aromatic carbocycles. The highest BCUT2D eigenvalue weighted by Crippen LogP contribution is 2.21. The number of nitrogens with two attached hydrogens (primary N) is 1. The highest BCUT2D eigenvalue weighted by molar-refractivity contribution is 6.09. The average Bonchev–Trinajstić information content (AvgIpc) is 2.08. The molecule has 0 heterocycles. The molecule has 0 saturated heterocycles. The van der Waals surface area contributed by atoms with Crippen LogP contribution < -0.4 is 5.73 Å². The predicted octanol–water partition coefficient (Wildman–Crippen LogP) is 0.231. The summed E-state index contributed by atoms with van der Waals surface area (Å²) in [6.07, 6.45) is 1.30. The molecule has 2 unspecified atom stereocenters. The van der Waals surface area contributed by atoms with Gasteiger partial charge in [-0.2, -0.15) is 0 Å². The summed E-state index contributed by atoms with van der Waals surface area (Å²) in [5.41, 5.74) is 5.67. The molecule has 0 bridgehead atoms. The maximum absolute atomic E-state index is 11.5. The zero-order valence-corrected chi connectivity index (χ0v) is 8.29. The Bertz CT molecular complexity index is 273. The van der Waals surface area contributed by atoms with Gasteiger partial charge in [0.2, 0.25) is 0 Å². The fraction of sp³-hybridized carbons (Fsp3) is 0.700. The predicted molar refractivity (Wildman–Crippen MR) is 50.6 cm³/mol. The maximum atomic E-state index is 11.5. The van der Waals surface area contributed by atoms with Crippen molar-refractivity contribution >= 4 is 17.3 Å². The first-order valence-electron chi connectivity index (χ1n) is 4.81. The molecular formula is C10H15NO3. The van der Waals surface area contributed by atoms with Gasteiger partial charge in [0.1, 0.15) is 11.6 Å². The van der Waals surface area contributed by atoms with Crippen LogP contribution in [-0.4, -0.2) is 23.4 Å². The van der Waals surface area contributed by atoms with Crippen LogP contribution in [0.1, 0.15) is 32.6 Å². The third-order valence-electron chi connectivity index (χ3n) is 2.50. The van der Waals surface area contributed by atoms with Crippen LogP contribution in [0.2, 0.25) is 0 Å². The van der Waals surface area contributed by atoms with Crippen molar-refractivity contribution in [1.29, 1.82) is 0 Å². The zero-order chi connectivity index (χ0) is 10.7. The number of carbonyl (C=O) groups is 3. The van der Waals surface area contributed by atoms with Gasteiger partial charge in [0.05, 0.1) is 12.3 Å². The van der Waals surface area contributed by atoms with E-state index in [1.54, 1.807) is 0 Å². The second kappa shape index (κ2) is 4.46. The molecule has 0 spiro atoms. The summed E-state index contributed by atoms with van der Waals surface area (Å²) in [7, 11) is 0. The topological polar surface area (TPSA) is 77.2 Å². The fourth-order valence-corrected chi connectivity index (χ4v) is 1.73. The van der Waals surface area contributed by atoms with Gasteiger partial charge in [0.25, 0.3) is 0 Å². The minimum atomic E-state index is -0.623. The molecule has 4 heteroatoms. The minimum Gasteiger partial charge on any atom is -0.328 e. The fourth-order valence-electron chi connectivity index (χ4n) is 1.73. The summed E-state index contributed by atoms with van der Waals surface area (Å²) in [4.78, 5) is 33.6. The smallest absolute Gasteiger partial charge is 0.150 e. The van der Waals surface area contributed by atoms with E-state index in [0.29, 0.717) is 19.3 Å². The largest absolute Gasteiger partial charge is 0.328 e. The van der Waals surface area contributed by atoms with Crippen molar-refractivity contribution in [1.82, 2.24) is 0 Å². The lowest BCUT2D eigenvalue weighted by Gasteiger charge is -2.23. The Morgan fingerprint density at radius 3 is 2.71 bits per heavy atom. The van der Waals surface area contributed by atoms with Crippen molar-refractivity contribution in [3.05, 3.63) is 0 Å². The van der Waals surface area contributed by atoms with Gasteiger partial charge in [-0.15, -0.1) is 0 Å². The van der Waals surface area contributed by atoms with Crippen molar-refractivity contribution in [2.45, 2.75) is 38.6 Å². The lowest BCUT2D eigenvalue weighted by atomic mass is 9.81. The van der Waals surface area contributed by atoms with E-state index in [1.165, 1.54) is 6.92 Å². The summed E-state index contributed by atoms with van der Waals surface area (Å²) < 4.78 is 0. The normalized spacial score (nSPS) is 27.4. The Labute approximate surface area is 82.8 Å². The van der Waals surface area contributed by atoms with Gasteiger partial charge < -0.3 is 5.73 Å². The van der Waals surface area contributed by atoms with E-state index in [9.17, 15) is 14.4 Å². The molecule has 1 aliphatic carbocycles. The van der Waals surface area contributed by atoms with E-state index in [0.717, 1.165) is 0 Å².